The van der Waals surface area contributed by atoms with Crippen LogP contribution < -0.4 is 5.32 Å². The number of carbonyl (C=O) groups excluding carboxylic acids is 2. The van der Waals surface area contributed by atoms with Crippen molar-refractivity contribution in [2.75, 3.05) is 6.54 Å². The molecule has 0 bridgehead atoms. The van der Waals surface area contributed by atoms with Crippen molar-refractivity contribution in [3.8, 4) is 0 Å². The SMILES string of the molecule is CC(C)OC(=O)CCNC(=O)c1ccccc1Br. The van der Waals surface area contributed by atoms with E-state index in [1.54, 1.807) is 32.0 Å². The summed E-state index contributed by atoms with van der Waals surface area (Å²) in [5.74, 6) is -0.516. The number of amides is 1. The summed E-state index contributed by atoms with van der Waals surface area (Å²) in [6.07, 6.45) is 0.0467. The van der Waals surface area contributed by atoms with Crippen LogP contribution >= 0.6 is 15.9 Å². The van der Waals surface area contributed by atoms with E-state index in [2.05, 4.69) is 21.2 Å². The van der Waals surface area contributed by atoms with Crippen molar-refractivity contribution in [3.63, 3.8) is 0 Å². The normalized spacial score (nSPS) is 10.2. The fourth-order valence-electron chi connectivity index (χ4n) is 1.34. The average Bonchev–Trinajstić information content (AvgIpc) is 2.28. The van der Waals surface area contributed by atoms with Crippen LogP contribution in [0, 0.1) is 0 Å². The van der Waals surface area contributed by atoms with Gasteiger partial charge in [-0.1, -0.05) is 12.1 Å². The Balaban J connectivity index is 2.39. The molecule has 0 saturated carbocycles. The summed E-state index contributed by atoms with van der Waals surface area (Å²) in [6.45, 7) is 3.85. The van der Waals surface area contributed by atoms with Gasteiger partial charge in [0.05, 0.1) is 18.1 Å². The minimum atomic E-state index is -0.308. The lowest BCUT2D eigenvalue weighted by Crippen LogP contribution is -2.27. The number of nitrogens with one attached hydrogen (secondary N) is 1. The summed E-state index contributed by atoms with van der Waals surface area (Å²) in [4.78, 5) is 23.0. The van der Waals surface area contributed by atoms with Crippen molar-refractivity contribution in [1.29, 1.82) is 0 Å². The van der Waals surface area contributed by atoms with Crippen molar-refractivity contribution in [2.45, 2.75) is 26.4 Å². The molecule has 1 amide bonds. The number of rotatable bonds is 5. The van der Waals surface area contributed by atoms with Gasteiger partial charge in [-0.25, -0.2) is 0 Å². The van der Waals surface area contributed by atoms with E-state index in [0.29, 0.717) is 5.56 Å². The molecule has 1 aromatic carbocycles. The molecule has 0 aliphatic rings. The smallest absolute Gasteiger partial charge is 0.307 e. The minimum Gasteiger partial charge on any atom is -0.463 e. The Labute approximate surface area is 115 Å². The second-order valence-corrected chi connectivity index (χ2v) is 4.88. The van der Waals surface area contributed by atoms with E-state index < -0.39 is 0 Å². The average molecular weight is 314 g/mol. The summed E-state index contributed by atoms with van der Waals surface area (Å²) in [7, 11) is 0. The Morgan fingerprint density at radius 3 is 2.61 bits per heavy atom. The molecule has 0 saturated heterocycles. The molecule has 18 heavy (non-hydrogen) atoms. The maximum atomic E-state index is 11.8. The van der Waals surface area contributed by atoms with E-state index in [9.17, 15) is 9.59 Å². The molecule has 1 N–H and O–H groups in total. The quantitative estimate of drug-likeness (QED) is 0.850. The van der Waals surface area contributed by atoms with Crippen LogP contribution in [0.5, 0.6) is 0 Å². The van der Waals surface area contributed by atoms with Crippen molar-refractivity contribution in [2.24, 2.45) is 0 Å². The van der Waals surface area contributed by atoms with E-state index in [1.807, 2.05) is 6.07 Å². The van der Waals surface area contributed by atoms with Crippen LogP contribution in [0.25, 0.3) is 0 Å². The van der Waals surface area contributed by atoms with Gasteiger partial charge in [-0.2, -0.15) is 0 Å². The Bertz CT molecular complexity index is 432. The zero-order valence-corrected chi connectivity index (χ0v) is 12.0. The van der Waals surface area contributed by atoms with Crippen molar-refractivity contribution < 1.29 is 14.3 Å². The number of ether oxygens (including phenoxy) is 1. The highest BCUT2D eigenvalue weighted by molar-refractivity contribution is 9.10. The van der Waals surface area contributed by atoms with Crippen LogP contribution in [-0.2, 0) is 9.53 Å². The van der Waals surface area contributed by atoms with Crippen LogP contribution in [0.2, 0.25) is 0 Å². The molecule has 0 aliphatic heterocycles. The maximum absolute atomic E-state index is 11.8. The van der Waals surface area contributed by atoms with E-state index in [0.717, 1.165) is 4.47 Å². The van der Waals surface area contributed by atoms with E-state index in [1.165, 1.54) is 0 Å². The summed E-state index contributed by atoms with van der Waals surface area (Å²) >= 11 is 3.30. The number of esters is 1. The molecule has 0 unspecified atom stereocenters. The first-order valence-corrected chi connectivity index (χ1v) is 6.52. The lowest BCUT2D eigenvalue weighted by atomic mass is 10.2. The standard InChI is InChI=1S/C13H16BrNO3/c1-9(2)18-12(16)7-8-15-13(17)10-5-3-4-6-11(10)14/h3-6,9H,7-8H2,1-2H3,(H,15,17). The van der Waals surface area contributed by atoms with Crippen LogP contribution in [-0.4, -0.2) is 24.5 Å². The molecule has 0 atom stereocenters. The lowest BCUT2D eigenvalue weighted by molar-refractivity contribution is -0.147. The molecule has 0 heterocycles. The Hall–Kier alpha value is -1.36. The van der Waals surface area contributed by atoms with Gasteiger partial charge in [-0.15, -0.1) is 0 Å². The fraction of sp³-hybridized carbons (Fsp3) is 0.385. The van der Waals surface area contributed by atoms with Gasteiger partial charge in [0, 0.05) is 11.0 Å². The van der Waals surface area contributed by atoms with Gasteiger partial charge in [0.15, 0.2) is 0 Å². The van der Waals surface area contributed by atoms with Crippen molar-refractivity contribution in [1.82, 2.24) is 5.32 Å². The zero-order chi connectivity index (χ0) is 13.5. The Kier molecular flexibility index (Phi) is 5.85. The van der Waals surface area contributed by atoms with Crippen LogP contribution in [0.4, 0.5) is 0 Å². The minimum absolute atomic E-state index is 0.128. The summed E-state index contributed by atoms with van der Waals surface area (Å²) in [6, 6.07) is 7.13. The highest BCUT2D eigenvalue weighted by atomic mass is 79.9. The number of hydrogen-bond acceptors (Lipinski definition) is 3. The third kappa shape index (κ3) is 4.87. The molecule has 1 rings (SSSR count). The zero-order valence-electron chi connectivity index (χ0n) is 10.4. The molecule has 0 aliphatic carbocycles. The van der Waals surface area contributed by atoms with Gasteiger partial charge < -0.3 is 10.1 Å². The predicted octanol–water partition coefficient (Wildman–Crippen LogP) is 2.52. The number of carbonyl (C=O) groups is 2. The highest BCUT2D eigenvalue weighted by Gasteiger charge is 2.10. The summed E-state index contributed by atoms with van der Waals surface area (Å²) in [5.41, 5.74) is 0.551. The van der Waals surface area contributed by atoms with Crippen molar-refractivity contribution in [3.05, 3.63) is 34.3 Å². The van der Waals surface area contributed by atoms with Gasteiger partial charge in [-0.3, -0.25) is 9.59 Å². The lowest BCUT2D eigenvalue weighted by Gasteiger charge is -2.09. The first-order chi connectivity index (χ1) is 8.50. The Morgan fingerprint density at radius 1 is 1.33 bits per heavy atom. The third-order valence-corrected chi connectivity index (χ3v) is 2.79. The molecule has 0 aromatic heterocycles. The number of hydrogen-bond donors (Lipinski definition) is 1. The monoisotopic (exact) mass is 313 g/mol. The van der Waals surface area contributed by atoms with Crippen molar-refractivity contribution >= 4 is 27.8 Å². The maximum Gasteiger partial charge on any atom is 0.307 e. The molecule has 0 radical (unpaired) electrons. The molecule has 98 valence electrons. The largest absolute Gasteiger partial charge is 0.463 e. The van der Waals surface area contributed by atoms with Crippen LogP contribution in [0.1, 0.15) is 30.6 Å². The second kappa shape index (κ2) is 7.16. The molecule has 4 nitrogen and oxygen atoms in total. The summed E-state index contributed by atoms with van der Waals surface area (Å²) in [5, 5.41) is 2.67. The molecule has 5 heteroatoms. The van der Waals surface area contributed by atoms with Crippen LogP contribution in [0.3, 0.4) is 0 Å². The second-order valence-electron chi connectivity index (χ2n) is 4.02. The fourth-order valence-corrected chi connectivity index (χ4v) is 1.81. The van der Waals surface area contributed by atoms with Crippen LogP contribution in [0.15, 0.2) is 28.7 Å². The van der Waals surface area contributed by atoms with E-state index in [4.69, 9.17) is 4.74 Å². The van der Waals surface area contributed by atoms with Gasteiger partial charge in [-0.05, 0) is 41.9 Å². The molecule has 1 aromatic rings. The van der Waals surface area contributed by atoms with Gasteiger partial charge in [0.2, 0.25) is 0 Å². The van der Waals surface area contributed by atoms with Gasteiger partial charge in [0.1, 0.15) is 0 Å². The first-order valence-electron chi connectivity index (χ1n) is 5.73. The molecule has 0 spiro atoms. The van der Waals surface area contributed by atoms with Gasteiger partial charge >= 0.3 is 5.97 Å². The van der Waals surface area contributed by atoms with E-state index in [-0.39, 0.29) is 30.9 Å². The topological polar surface area (TPSA) is 55.4 Å². The predicted molar refractivity (Wildman–Crippen MR) is 72.3 cm³/mol. The molecular formula is C13H16BrNO3. The summed E-state index contributed by atoms with van der Waals surface area (Å²) < 4.78 is 5.69. The number of halogens is 1. The van der Waals surface area contributed by atoms with E-state index >= 15 is 0 Å². The first kappa shape index (κ1) is 14.7. The molecule has 0 fully saturated rings. The Morgan fingerprint density at radius 2 is 2.00 bits per heavy atom. The van der Waals surface area contributed by atoms with Gasteiger partial charge in [0.25, 0.3) is 5.91 Å². The highest BCUT2D eigenvalue weighted by Crippen LogP contribution is 2.15. The molecular weight excluding hydrogens is 298 g/mol. The number of benzene rings is 1. The third-order valence-electron chi connectivity index (χ3n) is 2.10.